The Hall–Kier alpha value is -1.22. The van der Waals surface area contributed by atoms with Crippen molar-refractivity contribution in [2.45, 2.75) is 45.3 Å². The van der Waals surface area contributed by atoms with Gasteiger partial charge < -0.3 is 19.7 Å². The van der Waals surface area contributed by atoms with Gasteiger partial charge in [-0.25, -0.2) is 4.99 Å². The Morgan fingerprint density at radius 3 is 2.61 bits per heavy atom. The first-order chi connectivity index (χ1) is 13.2. The molecule has 2 fully saturated rings. The van der Waals surface area contributed by atoms with Crippen LogP contribution in [-0.4, -0.2) is 74.3 Å². The summed E-state index contributed by atoms with van der Waals surface area (Å²) in [6.45, 7) is 10.3. The van der Waals surface area contributed by atoms with Gasteiger partial charge in [-0.2, -0.15) is 0 Å². The number of nitrogens with one attached hydrogen (secondary N) is 1. The van der Waals surface area contributed by atoms with Crippen LogP contribution in [0.4, 0.5) is 0 Å². The van der Waals surface area contributed by atoms with Crippen molar-refractivity contribution < 1.29 is 9.47 Å². The van der Waals surface area contributed by atoms with Gasteiger partial charge in [-0.05, 0) is 58.3 Å². The average molecular weight is 502 g/mol. The van der Waals surface area contributed by atoms with Gasteiger partial charge in [-0.1, -0.05) is 12.1 Å². The van der Waals surface area contributed by atoms with E-state index >= 15 is 0 Å². The summed E-state index contributed by atoms with van der Waals surface area (Å²) in [5.74, 6) is 2.53. The van der Waals surface area contributed by atoms with Crippen LogP contribution in [0, 0.1) is 0 Å². The lowest BCUT2D eigenvalue weighted by molar-refractivity contribution is 0.218. The van der Waals surface area contributed by atoms with Crippen LogP contribution in [0.15, 0.2) is 29.3 Å². The van der Waals surface area contributed by atoms with Crippen molar-refractivity contribution in [2.24, 2.45) is 4.99 Å². The topological polar surface area (TPSA) is 49.3 Å². The summed E-state index contributed by atoms with van der Waals surface area (Å²) in [5, 5.41) is 3.45. The van der Waals surface area contributed by atoms with E-state index in [0.29, 0.717) is 12.6 Å². The molecule has 0 bridgehead atoms. The number of halogens is 1. The molecule has 0 radical (unpaired) electrons. The third-order valence-electron chi connectivity index (χ3n) is 5.35. The largest absolute Gasteiger partial charge is 0.493 e. The number of ether oxygens (including phenoxy) is 2. The summed E-state index contributed by atoms with van der Waals surface area (Å²) in [4.78, 5) is 9.91. The molecule has 3 rings (SSSR count). The molecule has 158 valence electrons. The second-order valence-corrected chi connectivity index (χ2v) is 7.41. The molecule has 2 unspecified atom stereocenters. The number of benzene rings is 1. The quantitative estimate of drug-likeness (QED) is 0.353. The van der Waals surface area contributed by atoms with Crippen LogP contribution in [-0.2, 0) is 0 Å². The summed E-state index contributed by atoms with van der Waals surface area (Å²) < 4.78 is 11.4. The number of hydrogen-bond donors (Lipinski definition) is 1. The molecular formula is C21H35IN4O2. The van der Waals surface area contributed by atoms with Gasteiger partial charge in [-0.3, -0.25) is 4.90 Å². The molecule has 7 heteroatoms. The molecule has 2 atom stereocenters. The summed E-state index contributed by atoms with van der Waals surface area (Å²) in [7, 11) is 1.67. The molecule has 6 nitrogen and oxygen atoms in total. The number of rotatable bonds is 7. The molecule has 0 amide bonds. The first kappa shape index (κ1) is 23.1. The Morgan fingerprint density at radius 1 is 1.21 bits per heavy atom. The van der Waals surface area contributed by atoms with Crippen LogP contribution >= 0.6 is 24.0 Å². The molecule has 2 heterocycles. The zero-order chi connectivity index (χ0) is 19.1. The molecule has 0 aromatic heterocycles. The second kappa shape index (κ2) is 11.7. The summed E-state index contributed by atoms with van der Waals surface area (Å²) in [5.41, 5.74) is 0. The Kier molecular flexibility index (Phi) is 9.64. The van der Waals surface area contributed by atoms with Gasteiger partial charge in [0.1, 0.15) is 6.10 Å². The SMILES string of the molecule is CCNC(=NCC(C)Oc1ccccc1OC)N1CCC(N2CCCC2)C1.I. The molecule has 1 N–H and O–H groups in total. The average Bonchev–Trinajstić information content (AvgIpc) is 3.37. The normalized spacial score (nSPS) is 21.3. The van der Waals surface area contributed by atoms with E-state index in [4.69, 9.17) is 14.5 Å². The van der Waals surface area contributed by atoms with Gasteiger partial charge in [0.2, 0.25) is 0 Å². The lowest BCUT2D eigenvalue weighted by atomic mass is 10.2. The lowest BCUT2D eigenvalue weighted by Crippen LogP contribution is -2.43. The van der Waals surface area contributed by atoms with Gasteiger partial charge in [0, 0.05) is 25.7 Å². The second-order valence-electron chi connectivity index (χ2n) is 7.41. The Bertz CT molecular complexity index is 622. The van der Waals surface area contributed by atoms with Crippen molar-refractivity contribution in [3.05, 3.63) is 24.3 Å². The number of guanidine groups is 1. The molecule has 1 aromatic rings. The first-order valence-corrected chi connectivity index (χ1v) is 10.3. The first-order valence-electron chi connectivity index (χ1n) is 10.3. The van der Waals surface area contributed by atoms with E-state index < -0.39 is 0 Å². The van der Waals surface area contributed by atoms with Crippen LogP contribution in [0.3, 0.4) is 0 Å². The Morgan fingerprint density at radius 2 is 1.93 bits per heavy atom. The van der Waals surface area contributed by atoms with Crippen LogP contribution in [0.25, 0.3) is 0 Å². The van der Waals surface area contributed by atoms with Gasteiger partial charge in [-0.15, -0.1) is 24.0 Å². The fraction of sp³-hybridized carbons (Fsp3) is 0.667. The fourth-order valence-electron chi connectivity index (χ4n) is 3.95. The minimum atomic E-state index is -0.0214. The zero-order valence-corrected chi connectivity index (χ0v) is 19.7. The minimum Gasteiger partial charge on any atom is -0.493 e. The third-order valence-corrected chi connectivity index (χ3v) is 5.35. The van der Waals surface area contributed by atoms with Gasteiger partial charge in [0.15, 0.2) is 17.5 Å². The van der Waals surface area contributed by atoms with Crippen LogP contribution in [0.2, 0.25) is 0 Å². The minimum absolute atomic E-state index is 0. The van der Waals surface area contributed by atoms with Crippen molar-refractivity contribution >= 4 is 29.9 Å². The molecule has 28 heavy (non-hydrogen) atoms. The summed E-state index contributed by atoms with van der Waals surface area (Å²) >= 11 is 0. The number of hydrogen-bond acceptors (Lipinski definition) is 4. The van der Waals surface area contributed by atoms with E-state index in [-0.39, 0.29) is 30.1 Å². The number of nitrogens with zero attached hydrogens (tertiary/aromatic N) is 3. The van der Waals surface area contributed by atoms with E-state index in [1.165, 1.54) is 32.4 Å². The van der Waals surface area contributed by atoms with Crippen LogP contribution < -0.4 is 14.8 Å². The molecule has 2 aliphatic heterocycles. The maximum absolute atomic E-state index is 6.04. The lowest BCUT2D eigenvalue weighted by Gasteiger charge is -2.25. The predicted molar refractivity (Wildman–Crippen MR) is 125 cm³/mol. The van der Waals surface area contributed by atoms with Crippen molar-refractivity contribution in [1.29, 1.82) is 0 Å². The fourth-order valence-corrected chi connectivity index (χ4v) is 3.95. The maximum atomic E-state index is 6.04. The highest BCUT2D eigenvalue weighted by atomic mass is 127. The van der Waals surface area contributed by atoms with E-state index in [1.54, 1.807) is 7.11 Å². The maximum Gasteiger partial charge on any atom is 0.194 e. The van der Waals surface area contributed by atoms with E-state index in [0.717, 1.165) is 37.1 Å². The van der Waals surface area contributed by atoms with E-state index in [2.05, 4.69) is 29.0 Å². The highest BCUT2D eigenvalue weighted by Crippen LogP contribution is 2.27. The number of aliphatic imine (C=N–C) groups is 1. The van der Waals surface area contributed by atoms with Crippen molar-refractivity contribution in [3.8, 4) is 11.5 Å². The smallest absolute Gasteiger partial charge is 0.194 e. The zero-order valence-electron chi connectivity index (χ0n) is 17.4. The molecule has 0 spiro atoms. The third kappa shape index (κ3) is 6.14. The number of likely N-dealkylation sites (tertiary alicyclic amines) is 2. The van der Waals surface area contributed by atoms with Crippen LogP contribution in [0.5, 0.6) is 11.5 Å². The summed E-state index contributed by atoms with van der Waals surface area (Å²) in [6, 6.07) is 8.44. The molecule has 0 aliphatic carbocycles. The van der Waals surface area contributed by atoms with Gasteiger partial charge >= 0.3 is 0 Å². The van der Waals surface area contributed by atoms with Gasteiger partial charge in [0.05, 0.1) is 13.7 Å². The van der Waals surface area contributed by atoms with Crippen molar-refractivity contribution in [3.63, 3.8) is 0 Å². The monoisotopic (exact) mass is 502 g/mol. The van der Waals surface area contributed by atoms with Crippen LogP contribution in [0.1, 0.15) is 33.1 Å². The van der Waals surface area contributed by atoms with Crippen molar-refractivity contribution in [2.75, 3.05) is 46.4 Å². The molecule has 2 aliphatic rings. The summed E-state index contributed by atoms with van der Waals surface area (Å²) in [6.07, 6.45) is 3.91. The van der Waals surface area contributed by atoms with Crippen molar-refractivity contribution in [1.82, 2.24) is 15.1 Å². The molecule has 2 saturated heterocycles. The van der Waals surface area contributed by atoms with Gasteiger partial charge in [0.25, 0.3) is 0 Å². The highest BCUT2D eigenvalue weighted by Gasteiger charge is 2.30. The van der Waals surface area contributed by atoms with E-state index in [9.17, 15) is 0 Å². The molecular weight excluding hydrogens is 467 g/mol. The molecule has 1 aromatic carbocycles. The van der Waals surface area contributed by atoms with E-state index in [1.807, 2.05) is 24.3 Å². The number of para-hydroxylation sites is 2. The Labute approximate surface area is 186 Å². The Balaban J connectivity index is 0.00000280. The number of methoxy groups -OCH3 is 1. The highest BCUT2D eigenvalue weighted by molar-refractivity contribution is 14.0. The predicted octanol–water partition coefficient (Wildman–Crippen LogP) is 3.22. The standard InChI is InChI=1S/C21H34N4O2.HI/c1-4-22-21(25-14-11-18(16-25)24-12-7-8-13-24)23-15-17(2)27-20-10-6-5-9-19(20)26-3;/h5-6,9-10,17-18H,4,7-8,11-16H2,1-3H3,(H,22,23);1H. The molecule has 0 saturated carbocycles.